The molecule has 0 radical (unpaired) electrons. The van der Waals surface area contributed by atoms with E-state index in [1.54, 1.807) is 11.0 Å². The molecule has 1 aliphatic rings. The Morgan fingerprint density at radius 1 is 1.40 bits per heavy atom. The topological polar surface area (TPSA) is 72.3 Å². The highest BCUT2D eigenvalue weighted by atomic mass is 15.3. The van der Waals surface area contributed by atoms with Gasteiger partial charge in [-0.3, -0.25) is 0 Å². The van der Waals surface area contributed by atoms with E-state index in [0.29, 0.717) is 18.5 Å². The van der Waals surface area contributed by atoms with Crippen LogP contribution in [0.1, 0.15) is 18.4 Å². The van der Waals surface area contributed by atoms with Gasteiger partial charge in [-0.15, -0.1) is 0 Å². The van der Waals surface area contributed by atoms with Gasteiger partial charge in [0, 0.05) is 13.1 Å². The minimum Gasteiger partial charge on any atom is -0.370 e. The van der Waals surface area contributed by atoms with Crippen LogP contribution in [0.2, 0.25) is 0 Å². The van der Waals surface area contributed by atoms with Crippen molar-refractivity contribution in [2.75, 3.05) is 7.05 Å². The fourth-order valence-corrected chi connectivity index (χ4v) is 2.03. The number of rotatable bonds is 4. The summed E-state index contributed by atoms with van der Waals surface area (Å²) in [6, 6.07) is 8.66. The van der Waals surface area contributed by atoms with Gasteiger partial charge in [-0.1, -0.05) is 12.1 Å². The molecule has 0 atom stereocenters. The predicted molar refractivity (Wildman–Crippen MR) is 77.5 cm³/mol. The maximum atomic E-state index is 5.97. The standard InChI is InChI=1S/C14H18N6/c1-19(12-6-7-12)14(15)17-8-11-2-4-13(5-3-11)20-10-16-9-18-20/h2-5,9-10,12H,6-8H2,1H3,(H2,15,17). The van der Waals surface area contributed by atoms with E-state index in [0.717, 1.165) is 11.3 Å². The molecule has 0 spiro atoms. The summed E-state index contributed by atoms with van der Waals surface area (Å²) in [5, 5.41) is 4.09. The molecule has 1 fully saturated rings. The highest BCUT2D eigenvalue weighted by Crippen LogP contribution is 2.24. The lowest BCUT2D eigenvalue weighted by molar-refractivity contribution is 0.487. The first-order valence-electron chi connectivity index (χ1n) is 6.71. The van der Waals surface area contributed by atoms with Gasteiger partial charge in [-0.25, -0.2) is 14.7 Å². The van der Waals surface area contributed by atoms with Crippen molar-refractivity contribution in [1.29, 1.82) is 0 Å². The lowest BCUT2D eigenvalue weighted by Crippen LogP contribution is -2.35. The number of nitrogens with zero attached hydrogens (tertiary/aromatic N) is 5. The number of aromatic nitrogens is 3. The predicted octanol–water partition coefficient (Wildman–Crippen LogP) is 1.18. The van der Waals surface area contributed by atoms with Crippen molar-refractivity contribution >= 4 is 5.96 Å². The Bertz CT molecular complexity index is 583. The van der Waals surface area contributed by atoms with Gasteiger partial charge in [0.05, 0.1) is 12.2 Å². The Labute approximate surface area is 117 Å². The Hall–Kier alpha value is -2.37. The number of hydrogen-bond acceptors (Lipinski definition) is 3. The molecule has 104 valence electrons. The van der Waals surface area contributed by atoms with Crippen LogP contribution in [0.15, 0.2) is 41.9 Å². The van der Waals surface area contributed by atoms with Crippen molar-refractivity contribution in [3.05, 3.63) is 42.5 Å². The van der Waals surface area contributed by atoms with Crippen LogP contribution in [-0.4, -0.2) is 38.7 Å². The van der Waals surface area contributed by atoms with Crippen LogP contribution in [0.4, 0.5) is 0 Å². The summed E-state index contributed by atoms with van der Waals surface area (Å²) in [6.07, 6.45) is 5.64. The summed E-state index contributed by atoms with van der Waals surface area (Å²) in [5.41, 5.74) is 8.08. The van der Waals surface area contributed by atoms with Crippen LogP contribution in [0, 0.1) is 0 Å². The summed E-state index contributed by atoms with van der Waals surface area (Å²) < 4.78 is 1.72. The molecule has 1 aromatic carbocycles. The quantitative estimate of drug-likeness (QED) is 0.669. The maximum absolute atomic E-state index is 5.97. The van der Waals surface area contributed by atoms with E-state index >= 15 is 0 Å². The molecule has 20 heavy (non-hydrogen) atoms. The third-order valence-electron chi connectivity index (χ3n) is 3.50. The first-order valence-corrected chi connectivity index (χ1v) is 6.71. The van der Waals surface area contributed by atoms with E-state index in [1.807, 2.05) is 31.3 Å². The molecule has 0 saturated heterocycles. The molecule has 2 N–H and O–H groups in total. The van der Waals surface area contributed by atoms with Gasteiger partial charge in [0.15, 0.2) is 5.96 Å². The average Bonchev–Trinajstić information content (AvgIpc) is 3.19. The first kappa shape index (κ1) is 12.7. The molecule has 0 aliphatic heterocycles. The second-order valence-corrected chi connectivity index (χ2v) is 5.02. The number of hydrogen-bond donors (Lipinski definition) is 1. The van der Waals surface area contributed by atoms with Gasteiger partial charge in [-0.2, -0.15) is 5.10 Å². The molecule has 6 nitrogen and oxygen atoms in total. The fourth-order valence-electron chi connectivity index (χ4n) is 2.03. The minimum absolute atomic E-state index is 0.591. The van der Waals surface area contributed by atoms with Crippen LogP contribution in [0.3, 0.4) is 0 Å². The third-order valence-corrected chi connectivity index (χ3v) is 3.50. The van der Waals surface area contributed by atoms with E-state index < -0.39 is 0 Å². The second-order valence-electron chi connectivity index (χ2n) is 5.02. The zero-order valence-electron chi connectivity index (χ0n) is 11.5. The second kappa shape index (κ2) is 5.32. The summed E-state index contributed by atoms with van der Waals surface area (Å²) in [7, 11) is 2.00. The smallest absolute Gasteiger partial charge is 0.191 e. The lowest BCUT2D eigenvalue weighted by Gasteiger charge is -2.16. The van der Waals surface area contributed by atoms with Crippen molar-refractivity contribution in [1.82, 2.24) is 19.7 Å². The molecule has 1 heterocycles. The van der Waals surface area contributed by atoms with Gasteiger partial charge in [0.1, 0.15) is 12.7 Å². The Kier molecular flexibility index (Phi) is 3.37. The highest BCUT2D eigenvalue weighted by molar-refractivity contribution is 5.78. The molecule has 1 saturated carbocycles. The monoisotopic (exact) mass is 270 g/mol. The van der Waals surface area contributed by atoms with Gasteiger partial charge in [0.25, 0.3) is 0 Å². The fraction of sp³-hybridized carbons (Fsp3) is 0.357. The van der Waals surface area contributed by atoms with Crippen molar-refractivity contribution < 1.29 is 0 Å². The summed E-state index contributed by atoms with van der Waals surface area (Å²) >= 11 is 0. The first-order chi connectivity index (χ1) is 9.74. The lowest BCUT2D eigenvalue weighted by atomic mass is 10.2. The molecule has 0 bridgehead atoms. The van der Waals surface area contributed by atoms with Gasteiger partial charge in [-0.05, 0) is 30.5 Å². The molecule has 0 unspecified atom stereocenters. The number of benzene rings is 1. The Balaban J connectivity index is 1.64. The van der Waals surface area contributed by atoms with E-state index in [9.17, 15) is 0 Å². The zero-order valence-corrected chi connectivity index (χ0v) is 11.5. The molecule has 2 aromatic rings. The van der Waals surface area contributed by atoms with Crippen molar-refractivity contribution in [3.8, 4) is 5.69 Å². The molecular weight excluding hydrogens is 252 g/mol. The van der Waals surface area contributed by atoms with Crippen LogP contribution in [0.5, 0.6) is 0 Å². The van der Waals surface area contributed by atoms with Gasteiger partial charge >= 0.3 is 0 Å². The minimum atomic E-state index is 0.591. The maximum Gasteiger partial charge on any atom is 0.191 e. The molecule has 6 heteroatoms. The number of nitrogens with two attached hydrogens (primary N) is 1. The Morgan fingerprint density at radius 2 is 2.15 bits per heavy atom. The number of aliphatic imine (C=N–C) groups is 1. The van der Waals surface area contributed by atoms with E-state index in [4.69, 9.17) is 5.73 Å². The van der Waals surface area contributed by atoms with Gasteiger partial charge < -0.3 is 10.6 Å². The van der Waals surface area contributed by atoms with E-state index in [-0.39, 0.29) is 0 Å². The normalized spacial score (nSPS) is 15.3. The SMILES string of the molecule is CN(C(N)=NCc1ccc(-n2cncn2)cc1)C1CC1. The molecule has 1 aromatic heterocycles. The van der Waals surface area contributed by atoms with Crippen LogP contribution < -0.4 is 5.73 Å². The molecule has 1 aliphatic carbocycles. The summed E-state index contributed by atoms with van der Waals surface area (Å²) in [5.74, 6) is 0.618. The van der Waals surface area contributed by atoms with E-state index in [2.05, 4.69) is 20.0 Å². The highest BCUT2D eigenvalue weighted by Gasteiger charge is 2.27. The van der Waals surface area contributed by atoms with Crippen LogP contribution in [-0.2, 0) is 6.54 Å². The Morgan fingerprint density at radius 3 is 2.75 bits per heavy atom. The molecular formula is C14H18N6. The van der Waals surface area contributed by atoms with Crippen LogP contribution >= 0.6 is 0 Å². The average molecular weight is 270 g/mol. The van der Waals surface area contributed by atoms with Crippen molar-refractivity contribution in [2.24, 2.45) is 10.7 Å². The largest absolute Gasteiger partial charge is 0.370 e. The molecule has 3 rings (SSSR count). The number of guanidine groups is 1. The van der Waals surface area contributed by atoms with Crippen molar-refractivity contribution in [3.63, 3.8) is 0 Å². The zero-order chi connectivity index (χ0) is 13.9. The summed E-state index contributed by atoms with van der Waals surface area (Å²) in [6.45, 7) is 0.598. The summed E-state index contributed by atoms with van der Waals surface area (Å²) in [4.78, 5) is 10.4. The third kappa shape index (κ3) is 2.79. The van der Waals surface area contributed by atoms with Gasteiger partial charge in [0.2, 0.25) is 0 Å². The van der Waals surface area contributed by atoms with Crippen molar-refractivity contribution in [2.45, 2.75) is 25.4 Å². The van der Waals surface area contributed by atoms with Crippen LogP contribution in [0.25, 0.3) is 5.69 Å². The molecule has 0 amide bonds. The van der Waals surface area contributed by atoms with E-state index in [1.165, 1.54) is 19.2 Å².